The zero-order chi connectivity index (χ0) is 22.4. The van der Waals surface area contributed by atoms with Crippen molar-refractivity contribution in [2.24, 2.45) is 0 Å². The Morgan fingerprint density at radius 1 is 0.903 bits per heavy atom. The number of benzene rings is 3. The normalized spacial score (nSPS) is 13.2. The van der Waals surface area contributed by atoms with Gasteiger partial charge in [0.2, 0.25) is 0 Å². The van der Waals surface area contributed by atoms with Gasteiger partial charge >= 0.3 is 5.97 Å². The second-order valence-electron chi connectivity index (χ2n) is 7.56. The van der Waals surface area contributed by atoms with Crippen molar-refractivity contribution in [2.45, 2.75) is 38.4 Å². The van der Waals surface area contributed by atoms with Gasteiger partial charge in [0.15, 0.2) is 11.6 Å². The molecule has 2 atom stereocenters. The van der Waals surface area contributed by atoms with E-state index in [-0.39, 0.29) is 24.4 Å². The van der Waals surface area contributed by atoms with Crippen molar-refractivity contribution in [3.8, 4) is 0 Å². The quantitative estimate of drug-likeness (QED) is 0.442. The smallest absolute Gasteiger partial charge is 0.304 e. The van der Waals surface area contributed by atoms with Crippen molar-refractivity contribution in [3.05, 3.63) is 107 Å². The summed E-state index contributed by atoms with van der Waals surface area (Å²) in [5.74, 6) is -4.36. The average Bonchev–Trinajstić information content (AvgIpc) is 2.76. The lowest BCUT2D eigenvalue weighted by molar-refractivity contribution is -0.138. The van der Waals surface area contributed by atoms with Crippen LogP contribution in [0.25, 0.3) is 0 Å². The van der Waals surface area contributed by atoms with E-state index in [0.717, 1.165) is 17.2 Å². The molecule has 2 unspecified atom stereocenters. The SMILES string of the molecule is CC(c1ccccc1)N(Cc1ccccc1)C(CC(=O)O)Cc1cc(F)c(F)cc1F. The molecule has 6 heteroatoms. The standard InChI is InChI=1S/C25H24F3NO2/c1-17(19-10-6-3-7-11-19)29(16-18-8-4-2-5-9-18)21(14-25(30)31)12-20-13-23(27)24(28)15-22(20)26/h2-11,13,15,17,21H,12,14,16H2,1H3,(H,30,31). The van der Waals surface area contributed by atoms with Crippen molar-refractivity contribution in [1.29, 1.82) is 0 Å². The maximum atomic E-state index is 14.4. The molecule has 3 aromatic rings. The van der Waals surface area contributed by atoms with Gasteiger partial charge in [-0.2, -0.15) is 0 Å². The summed E-state index contributed by atoms with van der Waals surface area (Å²) in [6.07, 6.45) is -0.345. The lowest BCUT2D eigenvalue weighted by Crippen LogP contribution is -2.40. The molecule has 3 nitrogen and oxygen atoms in total. The fraction of sp³-hybridized carbons (Fsp3) is 0.240. The third-order valence-electron chi connectivity index (χ3n) is 5.41. The number of rotatable bonds is 9. The Hall–Kier alpha value is -3.12. The van der Waals surface area contributed by atoms with Crippen LogP contribution in [0.1, 0.15) is 36.1 Å². The van der Waals surface area contributed by atoms with Gasteiger partial charge in [-0.05, 0) is 36.1 Å². The van der Waals surface area contributed by atoms with Crippen molar-refractivity contribution in [1.82, 2.24) is 4.90 Å². The molecule has 1 N–H and O–H groups in total. The minimum Gasteiger partial charge on any atom is -0.481 e. The Morgan fingerprint density at radius 3 is 2.10 bits per heavy atom. The minimum absolute atomic E-state index is 0.0523. The van der Waals surface area contributed by atoms with Crippen LogP contribution in [0.15, 0.2) is 72.8 Å². The summed E-state index contributed by atoms with van der Waals surface area (Å²) in [5, 5.41) is 9.54. The van der Waals surface area contributed by atoms with Crippen molar-refractivity contribution >= 4 is 5.97 Å². The first-order valence-corrected chi connectivity index (χ1v) is 10.0. The number of aliphatic carboxylic acids is 1. The van der Waals surface area contributed by atoms with Gasteiger partial charge in [0.1, 0.15) is 5.82 Å². The largest absolute Gasteiger partial charge is 0.481 e. The third-order valence-corrected chi connectivity index (χ3v) is 5.41. The van der Waals surface area contributed by atoms with E-state index in [1.165, 1.54) is 0 Å². The summed E-state index contributed by atoms with van der Waals surface area (Å²) >= 11 is 0. The van der Waals surface area contributed by atoms with E-state index in [2.05, 4.69) is 0 Å². The number of hydrogen-bond donors (Lipinski definition) is 1. The van der Waals surface area contributed by atoms with Crippen LogP contribution in [-0.4, -0.2) is 22.0 Å². The van der Waals surface area contributed by atoms with Crippen LogP contribution in [0, 0.1) is 17.5 Å². The highest BCUT2D eigenvalue weighted by atomic mass is 19.2. The molecule has 0 aliphatic carbocycles. The van der Waals surface area contributed by atoms with Crippen molar-refractivity contribution < 1.29 is 23.1 Å². The van der Waals surface area contributed by atoms with Crippen LogP contribution >= 0.6 is 0 Å². The summed E-state index contributed by atoms with van der Waals surface area (Å²) in [6, 6.07) is 19.6. The molecule has 0 heterocycles. The predicted molar refractivity (Wildman–Crippen MR) is 113 cm³/mol. The molecule has 162 valence electrons. The number of nitrogens with zero attached hydrogens (tertiary/aromatic N) is 1. The van der Waals surface area contributed by atoms with E-state index in [4.69, 9.17) is 0 Å². The first kappa shape index (κ1) is 22.6. The summed E-state index contributed by atoms with van der Waals surface area (Å²) in [5.41, 5.74) is 1.88. The van der Waals surface area contributed by atoms with Crippen molar-refractivity contribution in [3.63, 3.8) is 0 Å². The predicted octanol–water partition coefficient (Wildman–Crippen LogP) is 5.75. The lowest BCUT2D eigenvalue weighted by Gasteiger charge is -2.36. The van der Waals surface area contributed by atoms with E-state index >= 15 is 0 Å². The average molecular weight is 427 g/mol. The van der Waals surface area contributed by atoms with Gasteiger partial charge in [-0.25, -0.2) is 13.2 Å². The van der Waals surface area contributed by atoms with Crippen LogP contribution in [0.3, 0.4) is 0 Å². The van der Waals surface area contributed by atoms with Gasteiger partial charge in [-0.15, -0.1) is 0 Å². The third kappa shape index (κ3) is 5.95. The molecular weight excluding hydrogens is 403 g/mol. The molecule has 0 aliphatic rings. The maximum Gasteiger partial charge on any atom is 0.304 e. The first-order chi connectivity index (χ1) is 14.8. The molecule has 0 amide bonds. The van der Waals surface area contributed by atoms with Gasteiger partial charge in [0.25, 0.3) is 0 Å². The minimum atomic E-state index is -1.27. The maximum absolute atomic E-state index is 14.4. The van der Waals surface area contributed by atoms with Crippen LogP contribution in [0.4, 0.5) is 13.2 Å². The molecule has 3 aromatic carbocycles. The summed E-state index contributed by atoms with van der Waals surface area (Å²) in [7, 11) is 0. The Kier molecular flexibility index (Phi) is 7.47. The topological polar surface area (TPSA) is 40.5 Å². The van der Waals surface area contributed by atoms with Gasteiger partial charge in [-0.1, -0.05) is 60.7 Å². The van der Waals surface area contributed by atoms with Crippen LogP contribution < -0.4 is 0 Å². The zero-order valence-corrected chi connectivity index (χ0v) is 17.1. The Balaban J connectivity index is 2.00. The van der Waals surface area contributed by atoms with Gasteiger partial charge in [0, 0.05) is 24.7 Å². The van der Waals surface area contributed by atoms with Crippen molar-refractivity contribution in [2.75, 3.05) is 0 Å². The number of carboxylic acids is 1. The van der Waals surface area contributed by atoms with Crippen LogP contribution in [-0.2, 0) is 17.8 Å². The molecule has 3 rings (SSSR count). The number of carboxylic acid groups (broad SMARTS) is 1. The highest BCUT2D eigenvalue weighted by Crippen LogP contribution is 2.29. The molecule has 0 fully saturated rings. The van der Waals surface area contributed by atoms with Gasteiger partial charge in [0.05, 0.1) is 6.42 Å². The van der Waals surface area contributed by atoms with Crippen LogP contribution in [0.2, 0.25) is 0 Å². The molecule has 0 aliphatic heterocycles. The molecular formula is C25H24F3NO2. The Labute approximate surface area is 179 Å². The summed E-state index contributed by atoms with van der Waals surface area (Å²) in [6.45, 7) is 2.37. The molecule has 0 radical (unpaired) electrons. The number of carbonyl (C=O) groups is 1. The Morgan fingerprint density at radius 2 is 1.48 bits per heavy atom. The molecule has 0 saturated carbocycles. The Bertz CT molecular complexity index is 1010. The highest BCUT2D eigenvalue weighted by Gasteiger charge is 2.28. The molecule has 31 heavy (non-hydrogen) atoms. The molecule has 0 spiro atoms. The zero-order valence-electron chi connectivity index (χ0n) is 17.1. The fourth-order valence-electron chi connectivity index (χ4n) is 3.78. The monoisotopic (exact) mass is 427 g/mol. The second-order valence-corrected chi connectivity index (χ2v) is 7.56. The fourth-order valence-corrected chi connectivity index (χ4v) is 3.78. The van der Waals surface area contributed by atoms with E-state index < -0.39 is 29.5 Å². The lowest BCUT2D eigenvalue weighted by atomic mass is 9.96. The van der Waals surface area contributed by atoms with Crippen LogP contribution in [0.5, 0.6) is 0 Å². The van der Waals surface area contributed by atoms with Gasteiger partial charge < -0.3 is 5.11 Å². The summed E-state index contributed by atoms with van der Waals surface area (Å²) in [4.78, 5) is 13.6. The summed E-state index contributed by atoms with van der Waals surface area (Å²) < 4.78 is 41.5. The molecule has 0 aromatic heterocycles. The van der Waals surface area contributed by atoms with E-state index in [0.29, 0.717) is 12.6 Å². The van der Waals surface area contributed by atoms with Gasteiger partial charge in [-0.3, -0.25) is 9.69 Å². The van der Waals surface area contributed by atoms with E-state index in [1.807, 2.05) is 72.5 Å². The molecule has 0 saturated heterocycles. The second kappa shape index (κ2) is 10.3. The van der Waals surface area contributed by atoms with E-state index in [9.17, 15) is 23.1 Å². The first-order valence-electron chi connectivity index (χ1n) is 10.0. The molecule has 0 bridgehead atoms. The number of hydrogen-bond acceptors (Lipinski definition) is 2. The highest BCUT2D eigenvalue weighted by molar-refractivity contribution is 5.67. The van der Waals surface area contributed by atoms with E-state index in [1.54, 1.807) is 0 Å². The number of halogens is 3.